The number of fused-ring (bicyclic) bond motifs is 3. The van der Waals surface area contributed by atoms with E-state index in [0.717, 1.165) is 27.8 Å². The van der Waals surface area contributed by atoms with Crippen LogP contribution in [0.4, 0.5) is 11.4 Å². The monoisotopic (exact) mass is 400 g/mol. The number of hydrogen-bond donors (Lipinski definition) is 1. The molecule has 0 spiro atoms. The Morgan fingerprint density at radius 1 is 1.28 bits per heavy atom. The van der Waals surface area contributed by atoms with E-state index < -0.39 is 0 Å². The van der Waals surface area contributed by atoms with Gasteiger partial charge in [-0.05, 0) is 36.1 Å². The van der Waals surface area contributed by atoms with Gasteiger partial charge in [-0.15, -0.1) is 0 Å². The van der Waals surface area contributed by atoms with Gasteiger partial charge in [-0.2, -0.15) is 0 Å². The zero-order chi connectivity index (χ0) is 17.6. The van der Waals surface area contributed by atoms with Crippen molar-refractivity contribution in [2.24, 2.45) is 5.92 Å². The molecule has 2 aromatic carbocycles. The van der Waals surface area contributed by atoms with Crippen molar-refractivity contribution < 1.29 is 9.66 Å². The summed E-state index contributed by atoms with van der Waals surface area (Å²) in [6, 6.07) is 11.1. The molecule has 4 rings (SSSR count). The van der Waals surface area contributed by atoms with Crippen LogP contribution in [0.1, 0.15) is 29.5 Å². The van der Waals surface area contributed by atoms with E-state index in [1.807, 2.05) is 24.3 Å². The van der Waals surface area contributed by atoms with E-state index in [9.17, 15) is 10.1 Å². The summed E-state index contributed by atoms with van der Waals surface area (Å²) in [5.41, 5.74) is 2.75. The van der Waals surface area contributed by atoms with Gasteiger partial charge in [-0.25, -0.2) is 0 Å². The van der Waals surface area contributed by atoms with Crippen LogP contribution in [0.2, 0.25) is 0 Å². The van der Waals surface area contributed by atoms with E-state index >= 15 is 0 Å². The number of rotatable bonds is 3. The van der Waals surface area contributed by atoms with Crippen LogP contribution in [0.25, 0.3) is 0 Å². The maximum atomic E-state index is 11.5. The summed E-state index contributed by atoms with van der Waals surface area (Å²) in [6.07, 6.45) is 5.27. The van der Waals surface area contributed by atoms with Crippen molar-refractivity contribution in [1.29, 1.82) is 0 Å². The van der Waals surface area contributed by atoms with Crippen molar-refractivity contribution in [3.8, 4) is 5.75 Å². The highest BCUT2D eigenvalue weighted by molar-refractivity contribution is 9.10. The molecule has 0 saturated heterocycles. The molecule has 128 valence electrons. The zero-order valence-corrected chi connectivity index (χ0v) is 15.2. The molecular weight excluding hydrogens is 384 g/mol. The van der Waals surface area contributed by atoms with Gasteiger partial charge in [0.1, 0.15) is 11.4 Å². The van der Waals surface area contributed by atoms with Crippen molar-refractivity contribution >= 4 is 27.3 Å². The molecule has 0 radical (unpaired) electrons. The summed E-state index contributed by atoms with van der Waals surface area (Å²) in [5.74, 6) is 1.26. The lowest BCUT2D eigenvalue weighted by atomic mass is 9.76. The van der Waals surface area contributed by atoms with Crippen LogP contribution in [0.3, 0.4) is 0 Å². The Labute approximate surface area is 154 Å². The summed E-state index contributed by atoms with van der Waals surface area (Å²) in [7, 11) is 1.65. The number of hydrogen-bond acceptors (Lipinski definition) is 4. The Morgan fingerprint density at radius 3 is 2.88 bits per heavy atom. The number of nitro groups is 1. The summed E-state index contributed by atoms with van der Waals surface area (Å²) in [5, 5.41) is 15.0. The molecule has 1 N–H and O–H groups in total. The molecule has 2 aliphatic rings. The fourth-order valence-electron chi connectivity index (χ4n) is 4.01. The molecule has 25 heavy (non-hydrogen) atoms. The quantitative estimate of drug-likeness (QED) is 0.437. The number of ether oxygens (including phenoxy) is 1. The van der Waals surface area contributed by atoms with Crippen molar-refractivity contribution in [2.45, 2.75) is 18.4 Å². The van der Waals surface area contributed by atoms with Crippen molar-refractivity contribution in [1.82, 2.24) is 0 Å². The van der Waals surface area contributed by atoms with Gasteiger partial charge in [-0.3, -0.25) is 10.1 Å². The Kier molecular flexibility index (Phi) is 4.00. The van der Waals surface area contributed by atoms with Crippen LogP contribution >= 0.6 is 15.9 Å². The first-order valence-electron chi connectivity index (χ1n) is 8.14. The summed E-state index contributed by atoms with van der Waals surface area (Å²) in [6.45, 7) is 0. The fraction of sp³-hybridized carbons (Fsp3) is 0.263. The molecule has 1 heterocycles. The lowest BCUT2D eigenvalue weighted by Gasteiger charge is -2.37. The standard InChI is InChI=1S/C19H17BrN2O3/c1-25-17-9-8-11(20)10-15(17)18-13-5-2-4-12(13)14-6-3-7-16(22(23)24)19(14)21-18/h2-4,6-10,12-13,18,21H,5H2,1H3/t12-,13-,18-/m1/s1. The maximum absolute atomic E-state index is 11.5. The Balaban J connectivity index is 1.87. The number of nitrogens with zero attached hydrogens (tertiary/aromatic N) is 1. The zero-order valence-electron chi connectivity index (χ0n) is 13.6. The number of halogens is 1. The molecule has 1 aliphatic heterocycles. The fourth-order valence-corrected chi connectivity index (χ4v) is 4.39. The predicted octanol–water partition coefficient (Wildman–Crippen LogP) is 5.19. The van der Waals surface area contributed by atoms with Gasteiger partial charge in [0, 0.05) is 22.0 Å². The topological polar surface area (TPSA) is 64.4 Å². The number of allylic oxidation sites excluding steroid dienone is 2. The third-order valence-corrected chi connectivity index (χ3v) is 5.59. The first-order chi connectivity index (χ1) is 12.1. The van der Waals surface area contributed by atoms with Gasteiger partial charge < -0.3 is 10.1 Å². The Hall–Kier alpha value is -2.34. The highest BCUT2D eigenvalue weighted by Crippen LogP contribution is 2.53. The van der Waals surface area contributed by atoms with Crippen LogP contribution in [-0.2, 0) is 0 Å². The number of nitro benzene ring substituents is 1. The number of anilines is 1. The molecule has 0 amide bonds. The van der Waals surface area contributed by atoms with Crippen LogP contribution < -0.4 is 10.1 Å². The highest BCUT2D eigenvalue weighted by atomic mass is 79.9. The van der Waals surface area contributed by atoms with E-state index in [-0.39, 0.29) is 22.6 Å². The van der Waals surface area contributed by atoms with Gasteiger partial charge in [-0.1, -0.05) is 40.2 Å². The van der Waals surface area contributed by atoms with E-state index in [2.05, 4.69) is 33.4 Å². The molecule has 0 bridgehead atoms. The van der Waals surface area contributed by atoms with Crippen LogP contribution in [0.15, 0.2) is 53.0 Å². The van der Waals surface area contributed by atoms with Crippen LogP contribution in [0, 0.1) is 16.0 Å². The van der Waals surface area contributed by atoms with E-state index in [4.69, 9.17) is 4.74 Å². The van der Waals surface area contributed by atoms with Crippen LogP contribution in [-0.4, -0.2) is 12.0 Å². The number of methoxy groups -OCH3 is 1. The minimum Gasteiger partial charge on any atom is -0.496 e. The first kappa shape index (κ1) is 16.1. The molecule has 0 aromatic heterocycles. The molecular formula is C19H17BrN2O3. The maximum Gasteiger partial charge on any atom is 0.292 e. The summed E-state index contributed by atoms with van der Waals surface area (Å²) >= 11 is 3.53. The molecule has 2 aromatic rings. The number of para-hydroxylation sites is 1. The predicted molar refractivity (Wildman–Crippen MR) is 100 cm³/mol. The minimum atomic E-state index is -0.319. The van der Waals surface area contributed by atoms with Gasteiger partial charge in [0.25, 0.3) is 5.69 Å². The normalized spacial score (nSPS) is 23.5. The van der Waals surface area contributed by atoms with Crippen molar-refractivity contribution in [3.05, 3.63) is 74.3 Å². The largest absolute Gasteiger partial charge is 0.496 e. The van der Waals surface area contributed by atoms with Crippen LogP contribution in [0.5, 0.6) is 5.75 Å². The van der Waals surface area contributed by atoms with E-state index in [1.165, 1.54) is 0 Å². The average molecular weight is 401 g/mol. The lowest BCUT2D eigenvalue weighted by Crippen LogP contribution is -2.29. The van der Waals surface area contributed by atoms with Gasteiger partial charge >= 0.3 is 0 Å². The SMILES string of the molecule is COc1ccc(Br)cc1[C@@H]1Nc2c(cccc2[N+](=O)[O-])[C@@H]2C=CC[C@H]21. The van der Waals surface area contributed by atoms with Crippen molar-refractivity contribution in [3.63, 3.8) is 0 Å². The van der Waals surface area contributed by atoms with Gasteiger partial charge in [0.05, 0.1) is 18.1 Å². The third-order valence-electron chi connectivity index (χ3n) is 5.10. The molecule has 3 atom stereocenters. The Bertz CT molecular complexity index is 881. The highest BCUT2D eigenvalue weighted by Gasteiger charge is 2.41. The second-order valence-corrected chi connectivity index (χ2v) is 7.28. The Morgan fingerprint density at radius 2 is 2.12 bits per heavy atom. The smallest absolute Gasteiger partial charge is 0.292 e. The first-order valence-corrected chi connectivity index (χ1v) is 8.93. The molecule has 1 aliphatic carbocycles. The molecule has 0 unspecified atom stereocenters. The van der Waals surface area contributed by atoms with E-state index in [0.29, 0.717) is 11.6 Å². The average Bonchev–Trinajstić information content (AvgIpc) is 3.10. The molecule has 0 saturated carbocycles. The van der Waals surface area contributed by atoms with Crippen molar-refractivity contribution in [2.75, 3.05) is 12.4 Å². The van der Waals surface area contributed by atoms with Gasteiger partial charge in [0.2, 0.25) is 0 Å². The minimum absolute atomic E-state index is 0.0546. The second kappa shape index (κ2) is 6.19. The van der Waals surface area contributed by atoms with E-state index in [1.54, 1.807) is 19.2 Å². The molecule has 5 nitrogen and oxygen atoms in total. The molecule has 0 fully saturated rings. The lowest BCUT2D eigenvalue weighted by molar-refractivity contribution is -0.384. The van der Waals surface area contributed by atoms with Gasteiger partial charge in [0.15, 0.2) is 0 Å². The number of benzene rings is 2. The second-order valence-electron chi connectivity index (χ2n) is 6.36. The summed E-state index contributed by atoms with van der Waals surface area (Å²) < 4.78 is 6.51. The number of nitrogens with one attached hydrogen (secondary N) is 1. The molecule has 6 heteroatoms. The summed E-state index contributed by atoms with van der Waals surface area (Å²) in [4.78, 5) is 11.2. The third kappa shape index (κ3) is 2.61.